The highest BCUT2D eigenvalue weighted by atomic mass is 16.6. The molecule has 1 fully saturated rings. The van der Waals surface area contributed by atoms with Crippen LogP contribution in [0.3, 0.4) is 0 Å². The van der Waals surface area contributed by atoms with Crippen LogP contribution in [0.1, 0.15) is 35.9 Å². The fourth-order valence-electron chi connectivity index (χ4n) is 1.08. The van der Waals surface area contributed by atoms with Gasteiger partial charge in [-0.25, -0.2) is 4.63 Å². The van der Waals surface area contributed by atoms with Gasteiger partial charge in [0.25, 0.3) is 5.91 Å². The molecule has 0 unspecified atom stereocenters. The standard InChI is InChI=1S/C8H11N3O2/c1-5-6(11-13-10-5)7(12)9-8(2)3-4-8/h3-4H2,1-2H3,(H,9,12). The van der Waals surface area contributed by atoms with E-state index in [-0.39, 0.29) is 17.1 Å². The number of amides is 1. The van der Waals surface area contributed by atoms with E-state index in [1.807, 2.05) is 6.92 Å². The van der Waals surface area contributed by atoms with Crippen LogP contribution in [-0.4, -0.2) is 21.8 Å². The van der Waals surface area contributed by atoms with Crippen LogP contribution in [0.2, 0.25) is 0 Å². The molecule has 0 aromatic carbocycles. The Bertz CT molecular complexity index is 341. The molecule has 0 atom stereocenters. The van der Waals surface area contributed by atoms with Crippen molar-refractivity contribution in [1.82, 2.24) is 15.6 Å². The lowest BCUT2D eigenvalue weighted by atomic mass is 10.2. The first-order chi connectivity index (χ1) is 6.11. The van der Waals surface area contributed by atoms with Crippen molar-refractivity contribution in [2.24, 2.45) is 0 Å². The van der Waals surface area contributed by atoms with Crippen molar-refractivity contribution >= 4 is 5.91 Å². The number of carbonyl (C=O) groups excluding carboxylic acids is 1. The summed E-state index contributed by atoms with van der Waals surface area (Å²) in [7, 11) is 0. The molecule has 13 heavy (non-hydrogen) atoms. The quantitative estimate of drug-likeness (QED) is 0.727. The molecule has 1 aliphatic rings. The van der Waals surface area contributed by atoms with Gasteiger partial charge in [0.15, 0.2) is 5.69 Å². The lowest BCUT2D eigenvalue weighted by molar-refractivity contribution is 0.0925. The van der Waals surface area contributed by atoms with E-state index in [0.29, 0.717) is 5.69 Å². The van der Waals surface area contributed by atoms with Gasteiger partial charge in [-0.3, -0.25) is 4.79 Å². The molecule has 0 radical (unpaired) electrons. The summed E-state index contributed by atoms with van der Waals surface area (Å²) in [5.41, 5.74) is 0.789. The SMILES string of the molecule is Cc1nonc1C(=O)NC1(C)CC1. The average Bonchev–Trinajstić information content (AvgIpc) is 2.63. The maximum Gasteiger partial charge on any atom is 0.275 e. The Morgan fingerprint density at radius 2 is 2.23 bits per heavy atom. The van der Waals surface area contributed by atoms with Crippen molar-refractivity contribution in [2.45, 2.75) is 32.2 Å². The number of nitrogens with zero attached hydrogens (tertiary/aromatic N) is 2. The van der Waals surface area contributed by atoms with Gasteiger partial charge in [0.05, 0.1) is 0 Å². The van der Waals surface area contributed by atoms with E-state index in [2.05, 4.69) is 20.3 Å². The summed E-state index contributed by atoms with van der Waals surface area (Å²) in [6, 6.07) is 0. The molecular formula is C8H11N3O2. The molecule has 0 bridgehead atoms. The van der Waals surface area contributed by atoms with Crippen LogP contribution in [0.5, 0.6) is 0 Å². The molecule has 1 amide bonds. The molecule has 0 aliphatic heterocycles. The van der Waals surface area contributed by atoms with E-state index in [9.17, 15) is 4.79 Å². The predicted octanol–water partition coefficient (Wildman–Crippen LogP) is 0.660. The second-order valence-electron chi connectivity index (χ2n) is 3.71. The number of aryl methyl sites for hydroxylation is 1. The summed E-state index contributed by atoms with van der Waals surface area (Å²) in [4.78, 5) is 11.5. The van der Waals surface area contributed by atoms with Crippen molar-refractivity contribution in [2.75, 3.05) is 0 Å². The molecule has 1 saturated carbocycles. The van der Waals surface area contributed by atoms with Crippen LogP contribution in [0.4, 0.5) is 0 Å². The molecule has 2 rings (SSSR count). The minimum absolute atomic E-state index is 0.0253. The number of hydrogen-bond acceptors (Lipinski definition) is 4. The maximum atomic E-state index is 11.5. The third-order valence-corrected chi connectivity index (χ3v) is 2.28. The maximum absolute atomic E-state index is 11.5. The summed E-state index contributed by atoms with van der Waals surface area (Å²) in [5, 5.41) is 9.94. The monoisotopic (exact) mass is 181 g/mol. The largest absolute Gasteiger partial charge is 0.345 e. The Kier molecular flexibility index (Phi) is 1.61. The van der Waals surface area contributed by atoms with Crippen molar-refractivity contribution in [3.63, 3.8) is 0 Å². The molecule has 1 aromatic heterocycles. The van der Waals surface area contributed by atoms with E-state index < -0.39 is 0 Å². The Hall–Kier alpha value is -1.39. The van der Waals surface area contributed by atoms with E-state index >= 15 is 0 Å². The Labute approximate surface area is 75.5 Å². The van der Waals surface area contributed by atoms with Crippen LogP contribution in [0, 0.1) is 6.92 Å². The Morgan fingerprint density at radius 3 is 2.69 bits per heavy atom. The minimum Gasteiger partial charge on any atom is -0.345 e. The average molecular weight is 181 g/mol. The fraction of sp³-hybridized carbons (Fsp3) is 0.625. The van der Waals surface area contributed by atoms with Gasteiger partial charge in [-0.05, 0) is 31.8 Å². The second-order valence-corrected chi connectivity index (χ2v) is 3.71. The first-order valence-corrected chi connectivity index (χ1v) is 4.22. The highest BCUT2D eigenvalue weighted by Gasteiger charge is 2.39. The molecule has 70 valence electrons. The van der Waals surface area contributed by atoms with Gasteiger partial charge in [-0.2, -0.15) is 0 Å². The van der Waals surface area contributed by atoms with E-state index in [4.69, 9.17) is 0 Å². The van der Waals surface area contributed by atoms with E-state index in [1.54, 1.807) is 6.92 Å². The highest BCUT2D eigenvalue weighted by molar-refractivity contribution is 5.93. The molecule has 1 N–H and O–H groups in total. The predicted molar refractivity (Wildman–Crippen MR) is 44.1 cm³/mol. The van der Waals surface area contributed by atoms with Crippen LogP contribution < -0.4 is 5.32 Å². The van der Waals surface area contributed by atoms with Crippen LogP contribution in [0.25, 0.3) is 0 Å². The lowest BCUT2D eigenvalue weighted by Crippen LogP contribution is -2.34. The normalized spacial score (nSPS) is 18.3. The molecule has 0 spiro atoms. The van der Waals surface area contributed by atoms with Gasteiger partial charge in [0.1, 0.15) is 5.69 Å². The van der Waals surface area contributed by atoms with E-state index in [0.717, 1.165) is 12.8 Å². The Balaban J connectivity index is 2.09. The number of carbonyl (C=O) groups is 1. The lowest BCUT2D eigenvalue weighted by Gasteiger charge is -2.08. The first-order valence-electron chi connectivity index (χ1n) is 4.22. The third kappa shape index (κ3) is 1.54. The summed E-state index contributed by atoms with van der Waals surface area (Å²) >= 11 is 0. The molecule has 1 heterocycles. The van der Waals surface area contributed by atoms with Gasteiger partial charge < -0.3 is 5.32 Å². The van der Waals surface area contributed by atoms with E-state index in [1.165, 1.54) is 0 Å². The van der Waals surface area contributed by atoms with Crippen molar-refractivity contribution < 1.29 is 9.42 Å². The zero-order chi connectivity index (χ0) is 9.47. The van der Waals surface area contributed by atoms with Crippen LogP contribution in [0.15, 0.2) is 4.63 Å². The van der Waals surface area contributed by atoms with Gasteiger partial charge >= 0.3 is 0 Å². The van der Waals surface area contributed by atoms with Crippen molar-refractivity contribution in [1.29, 1.82) is 0 Å². The smallest absolute Gasteiger partial charge is 0.275 e. The first kappa shape index (κ1) is 8.22. The molecule has 5 nitrogen and oxygen atoms in total. The topological polar surface area (TPSA) is 68.0 Å². The Morgan fingerprint density at radius 1 is 1.54 bits per heavy atom. The molecule has 0 saturated heterocycles. The summed E-state index contributed by atoms with van der Waals surface area (Å²) in [6.07, 6.45) is 2.06. The number of nitrogens with one attached hydrogen (secondary N) is 1. The zero-order valence-corrected chi connectivity index (χ0v) is 7.63. The highest BCUT2D eigenvalue weighted by Crippen LogP contribution is 2.34. The van der Waals surface area contributed by atoms with Gasteiger partial charge in [-0.15, -0.1) is 0 Å². The number of hydrogen-bond donors (Lipinski definition) is 1. The van der Waals surface area contributed by atoms with Crippen LogP contribution in [-0.2, 0) is 0 Å². The summed E-state index contributed by atoms with van der Waals surface area (Å²) in [5.74, 6) is -0.196. The van der Waals surface area contributed by atoms with Gasteiger partial charge in [0.2, 0.25) is 0 Å². The van der Waals surface area contributed by atoms with Crippen molar-refractivity contribution in [3.05, 3.63) is 11.4 Å². The molecular weight excluding hydrogens is 170 g/mol. The second kappa shape index (κ2) is 2.55. The van der Waals surface area contributed by atoms with Gasteiger partial charge in [0, 0.05) is 5.54 Å². The molecule has 1 aromatic rings. The van der Waals surface area contributed by atoms with Crippen molar-refractivity contribution in [3.8, 4) is 0 Å². The molecule has 5 heteroatoms. The van der Waals surface area contributed by atoms with Gasteiger partial charge in [-0.1, -0.05) is 5.16 Å². The number of rotatable bonds is 2. The van der Waals surface area contributed by atoms with Crippen LogP contribution >= 0.6 is 0 Å². The summed E-state index contributed by atoms with van der Waals surface area (Å²) in [6.45, 7) is 3.70. The third-order valence-electron chi connectivity index (χ3n) is 2.28. The number of aromatic nitrogens is 2. The molecule has 1 aliphatic carbocycles. The minimum atomic E-state index is -0.196. The zero-order valence-electron chi connectivity index (χ0n) is 7.63. The fourth-order valence-corrected chi connectivity index (χ4v) is 1.08. The summed E-state index contributed by atoms with van der Waals surface area (Å²) < 4.78 is 4.44.